The molecule has 0 spiro atoms. The van der Waals surface area contributed by atoms with Crippen LogP contribution in [0.15, 0.2) is 91.1 Å². The summed E-state index contributed by atoms with van der Waals surface area (Å²) < 4.78 is 13.1. The predicted molar refractivity (Wildman–Crippen MR) is 218 cm³/mol. The molecule has 11 nitrogen and oxygen atoms in total. The highest BCUT2D eigenvalue weighted by molar-refractivity contribution is 7.22. The number of fused-ring (bicyclic) bond motifs is 2. The lowest BCUT2D eigenvalue weighted by molar-refractivity contribution is -0.136. The minimum Gasteiger partial charge on any atom is -0.493 e. The summed E-state index contributed by atoms with van der Waals surface area (Å²) in [5.41, 5.74) is 6.71. The Bertz CT molecular complexity index is 2390. The van der Waals surface area contributed by atoms with Crippen LogP contribution in [0.4, 0.5) is 10.9 Å². The average Bonchev–Trinajstić information content (AvgIpc) is 3.58. The Hall–Kier alpha value is -6.14. The van der Waals surface area contributed by atoms with Crippen molar-refractivity contribution in [3.05, 3.63) is 130 Å². The number of pyridine rings is 2. The van der Waals surface area contributed by atoms with Gasteiger partial charge in [-0.05, 0) is 117 Å². The number of carboxylic acid groups (broad SMARTS) is 1. The van der Waals surface area contributed by atoms with Gasteiger partial charge in [-0.1, -0.05) is 53.8 Å². The molecule has 0 radical (unpaired) electrons. The number of benzene rings is 3. The van der Waals surface area contributed by atoms with Crippen molar-refractivity contribution in [2.75, 3.05) is 23.4 Å². The molecule has 0 bridgehead atoms. The number of carbonyl (C=O) groups is 3. The SMILES string of the molecule is Cc1c(OCCCc2ccc(CC(=O)O)nc2)cccc1-c1ccc(N2CCc3cccc(C(=O)Nc4nc5ccccc5s4)c3C2)nc1C(=O)OC(C)(C)C. The van der Waals surface area contributed by atoms with Gasteiger partial charge in [0.05, 0.1) is 28.9 Å². The van der Waals surface area contributed by atoms with Crippen LogP contribution in [0.25, 0.3) is 21.3 Å². The Balaban J connectivity index is 1.11. The third kappa shape index (κ3) is 8.87. The number of rotatable bonds is 12. The highest BCUT2D eigenvalue weighted by atomic mass is 32.1. The fourth-order valence-corrected chi connectivity index (χ4v) is 7.65. The minimum absolute atomic E-state index is 0.104. The molecule has 4 heterocycles. The van der Waals surface area contributed by atoms with Crippen molar-refractivity contribution >= 4 is 50.3 Å². The van der Waals surface area contributed by atoms with E-state index in [1.807, 2.05) is 100 Å². The van der Waals surface area contributed by atoms with Gasteiger partial charge in [0, 0.05) is 30.4 Å². The molecule has 3 aromatic carbocycles. The largest absolute Gasteiger partial charge is 0.493 e. The number of anilines is 2. The number of aromatic nitrogens is 3. The fourth-order valence-electron chi connectivity index (χ4n) is 6.79. The van der Waals surface area contributed by atoms with E-state index in [0.29, 0.717) is 59.6 Å². The zero-order chi connectivity index (χ0) is 39.4. The van der Waals surface area contributed by atoms with E-state index in [0.717, 1.165) is 50.9 Å². The molecule has 1 aliphatic heterocycles. The van der Waals surface area contributed by atoms with Crippen molar-refractivity contribution in [2.45, 2.75) is 65.5 Å². The maximum atomic E-state index is 13.9. The van der Waals surface area contributed by atoms with Crippen molar-refractivity contribution in [3.8, 4) is 16.9 Å². The number of esters is 1. The highest BCUT2D eigenvalue weighted by Crippen LogP contribution is 2.35. The van der Waals surface area contributed by atoms with Gasteiger partial charge in [0.2, 0.25) is 0 Å². The summed E-state index contributed by atoms with van der Waals surface area (Å²) in [6.07, 6.45) is 3.77. The molecule has 12 heteroatoms. The van der Waals surface area contributed by atoms with Gasteiger partial charge in [0.25, 0.3) is 5.91 Å². The quantitative estimate of drug-likeness (QED) is 0.0919. The molecular weight excluding hydrogens is 727 g/mol. The predicted octanol–water partition coefficient (Wildman–Crippen LogP) is 8.47. The van der Waals surface area contributed by atoms with E-state index >= 15 is 0 Å². The maximum Gasteiger partial charge on any atom is 0.358 e. The number of aryl methyl sites for hydroxylation is 1. The van der Waals surface area contributed by atoms with Gasteiger partial charge in [0.1, 0.15) is 17.2 Å². The van der Waals surface area contributed by atoms with Gasteiger partial charge in [-0.15, -0.1) is 0 Å². The molecule has 0 saturated carbocycles. The molecule has 6 aromatic rings. The number of carboxylic acids is 1. The van der Waals surface area contributed by atoms with E-state index in [4.69, 9.17) is 19.6 Å². The molecular formula is C44H43N5O6S. The lowest BCUT2D eigenvalue weighted by atomic mass is 9.94. The van der Waals surface area contributed by atoms with Crippen molar-refractivity contribution in [2.24, 2.45) is 0 Å². The summed E-state index contributed by atoms with van der Waals surface area (Å²) in [6, 6.07) is 26.8. The molecule has 0 aliphatic carbocycles. The Labute approximate surface area is 329 Å². The molecule has 0 unspecified atom stereocenters. The van der Waals surface area contributed by atoms with Crippen molar-refractivity contribution < 1.29 is 29.0 Å². The second kappa shape index (κ2) is 16.3. The van der Waals surface area contributed by atoms with E-state index in [1.54, 1.807) is 12.3 Å². The molecule has 0 atom stereocenters. The molecule has 1 amide bonds. The molecule has 3 aromatic heterocycles. The van der Waals surface area contributed by atoms with Gasteiger partial charge in [-0.2, -0.15) is 0 Å². The zero-order valence-corrected chi connectivity index (χ0v) is 32.6. The first-order valence-corrected chi connectivity index (χ1v) is 19.4. The Morgan fingerprint density at radius 3 is 2.52 bits per heavy atom. The normalized spacial score (nSPS) is 12.6. The van der Waals surface area contributed by atoms with Gasteiger partial charge < -0.3 is 19.5 Å². The summed E-state index contributed by atoms with van der Waals surface area (Å²) in [7, 11) is 0. The first-order valence-electron chi connectivity index (χ1n) is 18.6. The number of nitrogens with one attached hydrogen (secondary N) is 1. The minimum atomic E-state index is -0.909. The Morgan fingerprint density at radius 2 is 1.75 bits per heavy atom. The van der Waals surface area contributed by atoms with Crippen molar-refractivity contribution in [3.63, 3.8) is 0 Å². The Morgan fingerprint density at radius 1 is 0.929 bits per heavy atom. The zero-order valence-electron chi connectivity index (χ0n) is 31.8. The van der Waals surface area contributed by atoms with Crippen LogP contribution in [0.2, 0.25) is 0 Å². The topological polar surface area (TPSA) is 144 Å². The second-order valence-electron chi connectivity index (χ2n) is 14.7. The van der Waals surface area contributed by atoms with Crippen LogP contribution in [-0.2, 0) is 35.3 Å². The van der Waals surface area contributed by atoms with Gasteiger partial charge >= 0.3 is 11.9 Å². The first kappa shape index (κ1) is 38.1. The van der Waals surface area contributed by atoms with Crippen LogP contribution in [0, 0.1) is 6.92 Å². The van der Waals surface area contributed by atoms with Crippen molar-refractivity contribution in [1.29, 1.82) is 0 Å². The van der Waals surface area contributed by atoms with Crippen LogP contribution < -0.4 is 15.0 Å². The average molecular weight is 770 g/mol. The number of amides is 1. The number of aliphatic carboxylic acids is 1. The van der Waals surface area contributed by atoms with E-state index in [9.17, 15) is 14.4 Å². The van der Waals surface area contributed by atoms with Crippen LogP contribution in [0.3, 0.4) is 0 Å². The number of ether oxygens (including phenoxy) is 2. The summed E-state index contributed by atoms with van der Waals surface area (Å²) in [5.74, 6) is -0.357. The van der Waals surface area contributed by atoms with Crippen LogP contribution in [0.5, 0.6) is 5.75 Å². The third-order valence-electron chi connectivity index (χ3n) is 9.49. The molecule has 7 rings (SSSR count). The number of nitrogens with zero attached hydrogens (tertiary/aromatic N) is 4. The number of thiazole rings is 1. The van der Waals surface area contributed by atoms with Crippen LogP contribution >= 0.6 is 11.3 Å². The number of hydrogen-bond donors (Lipinski definition) is 2. The van der Waals surface area contributed by atoms with E-state index in [-0.39, 0.29) is 18.0 Å². The monoisotopic (exact) mass is 769 g/mol. The maximum absolute atomic E-state index is 13.9. The lowest BCUT2D eigenvalue weighted by Gasteiger charge is -2.31. The first-order chi connectivity index (χ1) is 26.9. The Kier molecular flexibility index (Phi) is 11.1. The number of carbonyl (C=O) groups excluding carboxylic acids is 2. The highest BCUT2D eigenvalue weighted by Gasteiger charge is 2.28. The third-order valence-corrected chi connectivity index (χ3v) is 10.4. The standard InChI is InChI=1S/C44H43N5O6S/c1-27-31(12-8-15-36(27)54-23-9-10-28-17-18-30(45-25-28)24-39(50)51)32-19-20-38(47-40(32)42(53)55-44(2,3)4)49-22-21-29-11-7-13-33(34(29)26-49)41(52)48-43-46-35-14-5-6-16-37(35)56-43/h5-8,11-20,25H,9-10,21-24,26H2,1-4H3,(H,50,51)(H,46,48,52). The molecule has 0 fully saturated rings. The molecule has 2 N–H and O–H groups in total. The summed E-state index contributed by atoms with van der Waals surface area (Å²) in [4.78, 5) is 54.4. The van der Waals surface area contributed by atoms with Crippen molar-refractivity contribution in [1.82, 2.24) is 15.0 Å². The van der Waals surface area contributed by atoms with E-state index < -0.39 is 17.5 Å². The summed E-state index contributed by atoms with van der Waals surface area (Å²) in [5, 5.41) is 12.5. The van der Waals surface area contributed by atoms with E-state index in [2.05, 4.69) is 26.3 Å². The molecule has 0 saturated heterocycles. The number of hydrogen-bond acceptors (Lipinski definition) is 10. The molecule has 56 heavy (non-hydrogen) atoms. The smallest absolute Gasteiger partial charge is 0.358 e. The van der Waals surface area contributed by atoms with E-state index in [1.165, 1.54) is 11.3 Å². The van der Waals surface area contributed by atoms with Gasteiger partial charge in [0.15, 0.2) is 10.8 Å². The van der Waals surface area contributed by atoms with Gasteiger partial charge in [-0.3, -0.25) is 19.9 Å². The van der Waals surface area contributed by atoms with Gasteiger partial charge in [-0.25, -0.2) is 14.8 Å². The molecule has 286 valence electrons. The lowest BCUT2D eigenvalue weighted by Crippen LogP contribution is -2.33. The number of para-hydroxylation sites is 1. The fraction of sp³-hybridized carbons (Fsp3) is 0.273. The summed E-state index contributed by atoms with van der Waals surface area (Å²) >= 11 is 1.44. The molecule has 1 aliphatic rings. The van der Waals surface area contributed by atoms with Crippen LogP contribution in [0.1, 0.15) is 76.0 Å². The summed E-state index contributed by atoms with van der Waals surface area (Å²) in [6.45, 7) is 9.00. The van der Waals surface area contributed by atoms with Crippen LogP contribution in [-0.4, -0.2) is 56.7 Å². The second-order valence-corrected chi connectivity index (χ2v) is 15.8.